The Morgan fingerprint density at radius 3 is 2.67 bits per heavy atom. The minimum absolute atomic E-state index is 0.0270. The van der Waals surface area contributed by atoms with E-state index in [1.165, 1.54) is 21.9 Å². The monoisotopic (exact) mass is 384 g/mol. The van der Waals surface area contributed by atoms with E-state index >= 15 is 0 Å². The number of primary amides is 1. The van der Waals surface area contributed by atoms with Gasteiger partial charge in [-0.3, -0.25) is 9.59 Å². The molecule has 1 amide bonds. The van der Waals surface area contributed by atoms with Crippen molar-refractivity contribution in [3.8, 4) is 5.69 Å². The third kappa shape index (κ3) is 2.89. The van der Waals surface area contributed by atoms with Crippen molar-refractivity contribution < 1.29 is 13.2 Å². The molecule has 0 saturated carbocycles. The Labute approximate surface area is 154 Å². The number of aromatic nitrogens is 3. The second-order valence-corrected chi connectivity index (χ2v) is 8.48. The van der Waals surface area contributed by atoms with Crippen LogP contribution in [0.25, 0.3) is 16.7 Å². The molecule has 27 heavy (non-hydrogen) atoms. The lowest BCUT2D eigenvalue weighted by Crippen LogP contribution is -2.25. The van der Waals surface area contributed by atoms with Crippen molar-refractivity contribution in [2.75, 3.05) is 6.26 Å². The Kier molecular flexibility index (Phi) is 3.84. The fourth-order valence-electron chi connectivity index (χ4n) is 3.35. The number of fused-ring (bicyclic) bond motifs is 2. The molecular formula is C18H16N4O4S. The largest absolute Gasteiger partial charge is 0.365 e. The van der Waals surface area contributed by atoms with Gasteiger partial charge < -0.3 is 10.3 Å². The van der Waals surface area contributed by atoms with E-state index in [1.54, 1.807) is 0 Å². The highest BCUT2D eigenvalue weighted by Crippen LogP contribution is 2.26. The molecule has 0 bridgehead atoms. The zero-order valence-electron chi connectivity index (χ0n) is 14.5. The first kappa shape index (κ1) is 17.3. The highest BCUT2D eigenvalue weighted by atomic mass is 32.2. The molecule has 9 heteroatoms. The van der Waals surface area contributed by atoms with Crippen LogP contribution < -0.4 is 11.2 Å². The van der Waals surface area contributed by atoms with Crippen molar-refractivity contribution in [2.24, 2.45) is 5.73 Å². The summed E-state index contributed by atoms with van der Waals surface area (Å²) >= 11 is 0. The number of carbonyl (C=O) groups excluding carboxylic acids is 1. The third-order valence-electron chi connectivity index (χ3n) is 4.68. The summed E-state index contributed by atoms with van der Waals surface area (Å²) in [5.41, 5.74) is 7.72. The Balaban J connectivity index is 2.09. The third-order valence-corrected chi connectivity index (χ3v) is 5.54. The van der Waals surface area contributed by atoms with E-state index < -0.39 is 26.3 Å². The number of rotatable bonds is 3. The van der Waals surface area contributed by atoms with E-state index in [4.69, 9.17) is 5.73 Å². The number of carbonyl (C=O) groups is 1. The summed E-state index contributed by atoms with van der Waals surface area (Å²) in [4.78, 5) is 32.1. The molecule has 3 aromatic rings. The molecule has 4 rings (SSSR count). The molecule has 0 aliphatic heterocycles. The summed E-state index contributed by atoms with van der Waals surface area (Å²) in [5.74, 6) is -0.871. The maximum atomic E-state index is 12.6. The number of sulfone groups is 1. The molecule has 1 aromatic carbocycles. The van der Waals surface area contributed by atoms with E-state index in [0.717, 1.165) is 31.7 Å². The van der Waals surface area contributed by atoms with Gasteiger partial charge in [0, 0.05) is 24.3 Å². The number of hydrogen-bond donors (Lipinski definition) is 1. The first-order valence-corrected chi connectivity index (χ1v) is 10.2. The standard InChI is InChI=1S/C18H16N4O4S/c1-27(25,26)18-20-8-13-15(23)14(16(19)24)9-22(17(13)21-18)12-6-5-10-3-2-4-11(10)7-12/h5-9H,2-4H2,1H3,(H2,19,24). The van der Waals surface area contributed by atoms with Crippen molar-refractivity contribution in [2.45, 2.75) is 24.4 Å². The number of aryl methyl sites for hydroxylation is 2. The van der Waals surface area contributed by atoms with Gasteiger partial charge in [0.25, 0.3) is 5.91 Å². The second-order valence-electron chi connectivity index (χ2n) is 6.57. The van der Waals surface area contributed by atoms with E-state index in [-0.39, 0.29) is 16.6 Å². The molecule has 8 nitrogen and oxygen atoms in total. The molecule has 2 N–H and O–H groups in total. The number of amides is 1. The summed E-state index contributed by atoms with van der Waals surface area (Å²) in [7, 11) is -3.67. The number of hydrogen-bond acceptors (Lipinski definition) is 6. The topological polar surface area (TPSA) is 125 Å². The summed E-state index contributed by atoms with van der Waals surface area (Å²) in [6.45, 7) is 0. The lowest BCUT2D eigenvalue weighted by atomic mass is 10.1. The summed E-state index contributed by atoms with van der Waals surface area (Å²) in [5, 5.41) is -0.365. The van der Waals surface area contributed by atoms with Gasteiger partial charge in [0.2, 0.25) is 20.4 Å². The van der Waals surface area contributed by atoms with Gasteiger partial charge in [0.1, 0.15) is 5.56 Å². The Hall–Kier alpha value is -3.07. The molecule has 1 aliphatic rings. The summed E-state index contributed by atoms with van der Waals surface area (Å²) in [6.07, 6.45) is 6.43. The lowest BCUT2D eigenvalue weighted by molar-refractivity contribution is 0.0999. The number of pyridine rings is 1. The molecule has 0 radical (unpaired) electrons. The van der Waals surface area contributed by atoms with Crippen LogP contribution in [0.4, 0.5) is 0 Å². The summed E-state index contributed by atoms with van der Waals surface area (Å²) < 4.78 is 25.2. The minimum Gasteiger partial charge on any atom is -0.365 e. The first-order chi connectivity index (χ1) is 12.8. The highest BCUT2D eigenvalue weighted by molar-refractivity contribution is 7.90. The van der Waals surface area contributed by atoms with Crippen LogP contribution in [-0.2, 0) is 22.7 Å². The molecule has 1 aliphatic carbocycles. The van der Waals surface area contributed by atoms with E-state index in [2.05, 4.69) is 9.97 Å². The first-order valence-electron chi connectivity index (χ1n) is 8.30. The minimum atomic E-state index is -3.67. The van der Waals surface area contributed by atoms with Gasteiger partial charge in [0.15, 0.2) is 5.65 Å². The fraction of sp³-hybridized carbons (Fsp3) is 0.222. The van der Waals surface area contributed by atoms with Gasteiger partial charge in [-0.05, 0) is 42.5 Å². The lowest BCUT2D eigenvalue weighted by Gasteiger charge is -2.13. The molecule has 0 atom stereocenters. The molecular weight excluding hydrogens is 368 g/mol. The Morgan fingerprint density at radius 2 is 1.96 bits per heavy atom. The van der Waals surface area contributed by atoms with Crippen molar-refractivity contribution in [1.82, 2.24) is 14.5 Å². The quantitative estimate of drug-likeness (QED) is 0.665. The van der Waals surface area contributed by atoms with Gasteiger partial charge in [0.05, 0.1) is 5.39 Å². The SMILES string of the molecule is CS(=O)(=O)c1ncc2c(=O)c(C(N)=O)cn(-c3ccc4c(c3)CCC4)c2n1. The highest BCUT2D eigenvalue weighted by Gasteiger charge is 2.20. The van der Waals surface area contributed by atoms with E-state index in [0.29, 0.717) is 5.69 Å². The van der Waals surface area contributed by atoms with Crippen LogP contribution >= 0.6 is 0 Å². The molecule has 0 spiro atoms. The van der Waals surface area contributed by atoms with Gasteiger partial charge >= 0.3 is 0 Å². The molecule has 2 heterocycles. The normalized spacial score (nSPS) is 13.7. The van der Waals surface area contributed by atoms with Crippen LogP contribution in [0.2, 0.25) is 0 Å². The predicted octanol–water partition coefficient (Wildman–Crippen LogP) is 0.772. The molecule has 0 fully saturated rings. The second kappa shape index (κ2) is 5.98. The smallest absolute Gasteiger partial charge is 0.254 e. The average Bonchev–Trinajstić information content (AvgIpc) is 3.08. The molecule has 0 saturated heterocycles. The fourth-order valence-corrected chi connectivity index (χ4v) is 3.85. The van der Waals surface area contributed by atoms with Gasteiger partial charge in [-0.25, -0.2) is 13.4 Å². The number of nitrogens with zero attached hydrogens (tertiary/aromatic N) is 3. The molecule has 0 unspecified atom stereocenters. The van der Waals surface area contributed by atoms with Gasteiger partial charge in [-0.2, -0.15) is 4.98 Å². The number of nitrogens with two attached hydrogens (primary N) is 1. The molecule has 2 aromatic heterocycles. The van der Waals surface area contributed by atoms with Crippen LogP contribution in [0.5, 0.6) is 0 Å². The van der Waals surface area contributed by atoms with Crippen molar-refractivity contribution in [3.05, 3.63) is 57.5 Å². The number of benzene rings is 1. The zero-order valence-corrected chi connectivity index (χ0v) is 15.3. The van der Waals surface area contributed by atoms with E-state index in [9.17, 15) is 18.0 Å². The maximum absolute atomic E-state index is 12.6. The van der Waals surface area contributed by atoms with Crippen LogP contribution in [0.1, 0.15) is 27.9 Å². The van der Waals surface area contributed by atoms with Crippen LogP contribution in [0.15, 0.2) is 40.5 Å². The summed E-state index contributed by atoms with van der Waals surface area (Å²) in [6, 6.07) is 5.80. The van der Waals surface area contributed by atoms with Crippen molar-refractivity contribution >= 4 is 26.8 Å². The van der Waals surface area contributed by atoms with Crippen molar-refractivity contribution in [3.63, 3.8) is 0 Å². The Bertz CT molecular complexity index is 1280. The van der Waals surface area contributed by atoms with Crippen LogP contribution in [0.3, 0.4) is 0 Å². The maximum Gasteiger partial charge on any atom is 0.254 e. The zero-order chi connectivity index (χ0) is 19.3. The van der Waals surface area contributed by atoms with Crippen LogP contribution in [-0.4, -0.2) is 35.1 Å². The van der Waals surface area contributed by atoms with Gasteiger partial charge in [-0.1, -0.05) is 6.07 Å². The molecule has 138 valence electrons. The van der Waals surface area contributed by atoms with Gasteiger partial charge in [-0.15, -0.1) is 0 Å². The van der Waals surface area contributed by atoms with Crippen LogP contribution in [0, 0.1) is 0 Å². The Morgan fingerprint density at radius 1 is 1.22 bits per heavy atom. The van der Waals surface area contributed by atoms with E-state index in [1.807, 2.05) is 18.2 Å². The predicted molar refractivity (Wildman–Crippen MR) is 98.8 cm³/mol. The van der Waals surface area contributed by atoms with Crippen molar-refractivity contribution in [1.29, 1.82) is 0 Å². The average molecular weight is 384 g/mol.